The molecule has 0 aliphatic rings. The first kappa shape index (κ1) is 13.6. The number of nitrogens with two attached hydrogens (primary N) is 1. The maximum Gasteiger partial charge on any atom is 0.187 e. The van der Waals surface area contributed by atoms with Crippen molar-refractivity contribution in [3.05, 3.63) is 47.5 Å². The minimum absolute atomic E-state index is 0.231. The van der Waals surface area contributed by atoms with Crippen molar-refractivity contribution in [2.75, 3.05) is 5.73 Å². The summed E-state index contributed by atoms with van der Waals surface area (Å²) in [6.07, 6.45) is 1.78. The predicted molar refractivity (Wildman–Crippen MR) is 88.1 cm³/mol. The molecule has 0 aliphatic carbocycles. The number of hydrogen-bond donors (Lipinski definition) is 2. The largest absolute Gasteiger partial charge is 0.508 e. The third-order valence-electron chi connectivity index (χ3n) is 3.45. The van der Waals surface area contributed by atoms with Gasteiger partial charge < -0.3 is 10.8 Å². The van der Waals surface area contributed by atoms with Crippen molar-refractivity contribution in [2.24, 2.45) is 0 Å². The second-order valence-corrected chi connectivity index (χ2v) is 5.68. The van der Waals surface area contributed by atoms with E-state index in [0.29, 0.717) is 34.9 Å². The Morgan fingerprint density at radius 3 is 2.83 bits per heavy atom. The van der Waals surface area contributed by atoms with Gasteiger partial charge in [0.2, 0.25) is 0 Å². The number of aromatic hydroxyl groups is 1. The Bertz CT molecular complexity index is 979. The van der Waals surface area contributed by atoms with E-state index in [4.69, 9.17) is 5.73 Å². The number of phenolic OH excluding ortho intramolecular Hbond substituents is 1. The highest BCUT2D eigenvalue weighted by Gasteiger charge is 2.13. The van der Waals surface area contributed by atoms with Crippen molar-refractivity contribution in [3.63, 3.8) is 0 Å². The van der Waals surface area contributed by atoms with Gasteiger partial charge in [-0.15, -0.1) is 0 Å². The molecule has 4 rings (SSSR count). The number of anilines is 1. The molecule has 3 N–H and O–H groups in total. The molecule has 4 aromatic rings. The molecule has 23 heavy (non-hydrogen) atoms. The molecule has 0 aliphatic heterocycles. The van der Waals surface area contributed by atoms with Crippen molar-refractivity contribution in [3.8, 4) is 17.3 Å². The van der Waals surface area contributed by atoms with Crippen LogP contribution in [-0.4, -0.2) is 29.2 Å². The summed E-state index contributed by atoms with van der Waals surface area (Å²) >= 11 is 1.33. The summed E-state index contributed by atoms with van der Waals surface area (Å²) in [7, 11) is 0. The van der Waals surface area contributed by atoms with Crippen LogP contribution in [0.1, 0.15) is 5.56 Å². The number of hydrogen-bond acceptors (Lipinski definition) is 7. The molecule has 8 heteroatoms. The average Bonchev–Trinajstić information content (AvgIpc) is 3.19. The van der Waals surface area contributed by atoms with E-state index in [9.17, 15) is 5.11 Å². The smallest absolute Gasteiger partial charge is 0.187 e. The van der Waals surface area contributed by atoms with Crippen molar-refractivity contribution >= 4 is 28.4 Å². The fraction of sp³-hybridized carbons (Fsp3) is 0.0667. The van der Waals surface area contributed by atoms with Crippen LogP contribution in [0, 0.1) is 0 Å². The summed E-state index contributed by atoms with van der Waals surface area (Å²) in [4.78, 5) is 8.71. The Kier molecular flexibility index (Phi) is 3.16. The molecule has 0 amide bonds. The van der Waals surface area contributed by atoms with E-state index in [-0.39, 0.29) is 5.75 Å². The minimum atomic E-state index is 0.231. The van der Waals surface area contributed by atoms with Gasteiger partial charge in [0.15, 0.2) is 11.5 Å². The van der Waals surface area contributed by atoms with Crippen LogP contribution in [0.3, 0.4) is 0 Å². The summed E-state index contributed by atoms with van der Waals surface area (Å²) in [5, 5.41) is 16.8. The minimum Gasteiger partial charge on any atom is -0.508 e. The van der Waals surface area contributed by atoms with Gasteiger partial charge in [-0.25, -0.2) is 9.97 Å². The van der Waals surface area contributed by atoms with Crippen molar-refractivity contribution < 1.29 is 5.11 Å². The summed E-state index contributed by atoms with van der Waals surface area (Å²) in [6, 6.07) is 8.98. The van der Waals surface area contributed by atoms with Crippen LogP contribution in [0.2, 0.25) is 0 Å². The molecular formula is C15H12N6OS. The quantitative estimate of drug-likeness (QED) is 0.599. The zero-order chi connectivity index (χ0) is 15.8. The summed E-state index contributed by atoms with van der Waals surface area (Å²) in [5.74, 6) is 1.06. The van der Waals surface area contributed by atoms with Crippen LogP contribution >= 0.6 is 11.5 Å². The second-order valence-electron chi connectivity index (χ2n) is 5.01. The molecule has 7 nitrogen and oxygen atoms in total. The standard InChI is InChI=1S/C15H12N6OS/c16-13-10-8-21(7-9-3-1-2-4-12(9)22)19-14(10)18-15(17-13)11-5-6-23-20-11/h1-6,8,22H,7H2,(H2,16,17,18,19). The van der Waals surface area contributed by atoms with Gasteiger partial charge in [0.25, 0.3) is 0 Å². The van der Waals surface area contributed by atoms with Crippen LogP contribution in [0.15, 0.2) is 41.9 Å². The lowest BCUT2D eigenvalue weighted by molar-refractivity contribution is 0.464. The summed E-state index contributed by atoms with van der Waals surface area (Å²) in [5.41, 5.74) is 7.98. The van der Waals surface area contributed by atoms with Gasteiger partial charge in [0, 0.05) is 17.1 Å². The molecule has 1 aromatic carbocycles. The third-order valence-corrected chi connectivity index (χ3v) is 4.01. The van der Waals surface area contributed by atoms with Crippen molar-refractivity contribution in [1.82, 2.24) is 24.1 Å². The number of benzene rings is 1. The van der Waals surface area contributed by atoms with Gasteiger partial charge in [0.05, 0.1) is 11.9 Å². The number of fused-ring (bicyclic) bond motifs is 1. The highest BCUT2D eigenvalue weighted by molar-refractivity contribution is 7.03. The molecule has 0 bridgehead atoms. The SMILES string of the molecule is Nc1nc(-c2ccsn2)nc2nn(Cc3ccccc3O)cc12. The van der Waals surface area contributed by atoms with Crippen molar-refractivity contribution in [1.29, 1.82) is 0 Å². The average molecular weight is 324 g/mol. The molecule has 3 aromatic heterocycles. The third kappa shape index (κ3) is 2.49. The number of aromatic nitrogens is 5. The van der Waals surface area contributed by atoms with Crippen LogP contribution in [0.25, 0.3) is 22.6 Å². The second kappa shape index (κ2) is 5.33. The Morgan fingerprint density at radius 1 is 1.17 bits per heavy atom. The van der Waals surface area contributed by atoms with E-state index in [1.807, 2.05) is 23.6 Å². The van der Waals surface area contributed by atoms with E-state index in [2.05, 4.69) is 19.4 Å². The lowest BCUT2D eigenvalue weighted by atomic mass is 10.2. The van der Waals surface area contributed by atoms with E-state index < -0.39 is 0 Å². The van der Waals surface area contributed by atoms with Gasteiger partial charge in [-0.2, -0.15) is 9.47 Å². The highest BCUT2D eigenvalue weighted by Crippen LogP contribution is 2.23. The highest BCUT2D eigenvalue weighted by atomic mass is 32.1. The Morgan fingerprint density at radius 2 is 2.04 bits per heavy atom. The number of phenols is 1. The molecule has 0 spiro atoms. The Labute approximate surface area is 135 Å². The maximum atomic E-state index is 9.87. The zero-order valence-corrected chi connectivity index (χ0v) is 12.7. The number of para-hydroxylation sites is 1. The van der Waals surface area contributed by atoms with Gasteiger partial charge in [0.1, 0.15) is 17.3 Å². The molecule has 0 radical (unpaired) electrons. The number of nitrogens with zero attached hydrogens (tertiary/aromatic N) is 5. The lowest BCUT2D eigenvalue weighted by Crippen LogP contribution is -2.00. The van der Waals surface area contributed by atoms with E-state index >= 15 is 0 Å². The topological polar surface area (TPSA) is 103 Å². The van der Waals surface area contributed by atoms with Gasteiger partial charge in [-0.1, -0.05) is 18.2 Å². The number of rotatable bonds is 3. The summed E-state index contributed by atoms with van der Waals surface area (Å²) in [6.45, 7) is 0.425. The molecule has 0 fully saturated rings. The Balaban J connectivity index is 1.76. The molecule has 0 unspecified atom stereocenters. The maximum absolute atomic E-state index is 9.87. The van der Waals surface area contributed by atoms with Gasteiger partial charge >= 0.3 is 0 Å². The van der Waals surface area contributed by atoms with E-state index in [1.165, 1.54) is 11.5 Å². The lowest BCUT2D eigenvalue weighted by Gasteiger charge is -2.03. The van der Waals surface area contributed by atoms with Crippen LogP contribution < -0.4 is 5.73 Å². The molecule has 0 atom stereocenters. The zero-order valence-electron chi connectivity index (χ0n) is 11.9. The fourth-order valence-electron chi connectivity index (χ4n) is 2.32. The van der Waals surface area contributed by atoms with E-state index in [1.54, 1.807) is 23.0 Å². The normalized spacial score (nSPS) is 11.1. The predicted octanol–water partition coefficient (Wildman–Crippen LogP) is 2.29. The van der Waals surface area contributed by atoms with Gasteiger partial charge in [-0.3, -0.25) is 4.68 Å². The van der Waals surface area contributed by atoms with Crippen molar-refractivity contribution in [2.45, 2.75) is 6.54 Å². The molecular weight excluding hydrogens is 312 g/mol. The van der Waals surface area contributed by atoms with Crippen LogP contribution in [-0.2, 0) is 6.54 Å². The fourth-order valence-corrected chi connectivity index (χ4v) is 2.82. The molecule has 0 saturated carbocycles. The molecule has 114 valence electrons. The van der Waals surface area contributed by atoms with Gasteiger partial charge in [-0.05, 0) is 23.7 Å². The van der Waals surface area contributed by atoms with Crippen LogP contribution in [0.4, 0.5) is 5.82 Å². The monoisotopic (exact) mass is 324 g/mol. The first-order valence-corrected chi connectivity index (χ1v) is 7.72. The van der Waals surface area contributed by atoms with E-state index in [0.717, 1.165) is 5.56 Å². The Hall–Kier alpha value is -3.00. The first-order valence-electron chi connectivity index (χ1n) is 6.89. The molecule has 0 saturated heterocycles. The summed E-state index contributed by atoms with van der Waals surface area (Å²) < 4.78 is 5.90. The first-order chi connectivity index (χ1) is 11.2. The number of nitrogen functional groups attached to an aromatic ring is 1. The molecule has 3 heterocycles. The van der Waals surface area contributed by atoms with Crippen LogP contribution in [0.5, 0.6) is 5.75 Å².